The average Bonchev–Trinajstić information content (AvgIpc) is 2.70. The molecule has 0 aliphatic heterocycles. The fourth-order valence-corrected chi connectivity index (χ4v) is 3.23. The molecular weight excluding hydrogens is 374 g/mol. The van der Waals surface area contributed by atoms with E-state index in [2.05, 4.69) is 12.8 Å². The minimum absolute atomic E-state index is 0.0400. The van der Waals surface area contributed by atoms with Crippen LogP contribution in [0.3, 0.4) is 0 Å². The summed E-state index contributed by atoms with van der Waals surface area (Å²) in [5, 5.41) is 15.5. The summed E-state index contributed by atoms with van der Waals surface area (Å²) in [5.74, 6) is -1.23. The first-order valence-corrected chi connectivity index (χ1v) is 9.87. The van der Waals surface area contributed by atoms with Crippen molar-refractivity contribution < 1.29 is 23.4 Å². The first-order chi connectivity index (χ1) is 12.4. The van der Waals surface area contributed by atoms with Gasteiger partial charge in [-0.2, -0.15) is 4.72 Å². The predicted octanol–water partition coefficient (Wildman–Crippen LogP) is 2.30. The number of terminal acetylenes is 1. The van der Waals surface area contributed by atoms with Crippen molar-refractivity contribution in [2.75, 3.05) is 19.9 Å². The number of nitrogens with one attached hydrogen (secondary N) is 1. The van der Waals surface area contributed by atoms with Gasteiger partial charge in [-0.15, -0.1) is 24.6 Å². The highest BCUT2D eigenvalue weighted by Gasteiger charge is 2.15. The number of rotatable bonds is 6. The molecule has 0 saturated carbocycles. The topological polar surface area (TPSA) is 104 Å². The van der Waals surface area contributed by atoms with Crippen molar-refractivity contribution in [1.29, 1.82) is 0 Å². The summed E-state index contributed by atoms with van der Waals surface area (Å²) in [7, 11) is -2.80. The first kappa shape index (κ1) is 23.7. The number of carboxylic acid groups (broad SMARTS) is 1. The molecule has 2 aromatic rings. The van der Waals surface area contributed by atoms with Crippen LogP contribution in [0.25, 0.3) is 11.1 Å². The number of carbonyl (C=O) groups is 1. The molecule has 0 radical (unpaired) electrons. The Balaban J connectivity index is 0.00000146. The molecule has 0 heterocycles. The molecule has 0 unspecified atom stereocenters. The van der Waals surface area contributed by atoms with Gasteiger partial charge < -0.3 is 10.2 Å². The van der Waals surface area contributed by atoms with E-state index in [1.54, 1.807) is 23.9 Å². The van der Waals surface area contributed by atoms with Gasteiger partial charge in [0.25, 0.3) is 0 Å². The van der Waals surface area contributed by atoms with E-state index >= 15 is 0 Å². The number of hydrogen-bond acceptors (Lipinski definition) is 5. The second kappa shape index (κ2) is 12.1. The number of hydrogen-bond donors (Lipinski definition) is 3. The van der Waals surface area contributed by atoms with Crippen LogP contribution >= 0.6 is 11.8 Å². The fourth-order valence-electron chi connectivity index (χ4n) is 1.85. The van der Waals surface area contributed by atoms with Gasteiger partial charge in [-0.05, 0) is 41.6 Å². The lowest BCUT2D eigenvalue weighted by molar-refractivity contribution is -0.135. The highest BCUT2D eigenvalue weighted by atomic mass is 32.2. The highest BCUT2D eigenvalue weighted by Crippen LogP contribution is 2.24. The summed E-state index contributed by atoms with van der Waals surface area (Å²) >= 11 is 1.65. The van der Waals surface area contributed by atoms with Crippen molar-refractivity contribution in [2.45, 2.75) is 9.79 Å². The van der Waals surface area contributed by atoms with Crippen molar-refractivity contribution in [1.82, 2.24) is 4.72 Å². The van der Waals surface area contributed by atoms with Gasteiger partial charge in [0.1, 0.15) is 6.54 Å². The number of benzene rings is 2. The molecule has 2 rings (SSSR count). The standard InChI is InChI=1S/C15H15NO4S2.C2H2.CH4O/c1-21-13-6-2-11(3-7-13)12-4-8-14(9-5-12)22(19,20)16-10-15(17)18;2*1-2/h2-9,16H,10H2,1H3,(H,17,18);1-2H;2H,1H3. The number of aliphatic carboxylic acids is 1. The Hall–Kier alpha value is -2.31. The van der Waals surface area contributed by atoms with Crippen LogP contribution in [0.5, 0.6) is 0 Å². The summed E-state index contributed by atoms with van der Waals surface area (Å²) in [6.45, 7) is -0.639. The minimum Gasteiger partial charge on any atom is -0.480 e. The summed E-state index contributed by atoms with van der Waals surface area (Å²) in [5.41, 5.74) is 1.88. The smallest absolute Gasteiger partial charge is 0.318 e. The highest BCUT2D eigenvalue weighted by molar-refractivity contribution is 7.98. The van der Waals surface area contributed by atoms with E-state index in [9.17, 15) is 13.2 Å². The third kappa shape index (κ3) is 7.29. The van der Waals surface area contributed by atoms with Crippen LogP contribution in [0, 0.1) is 12.8 Å². The van der Waals surface area contributed by atoms with E-state index in [1.807, 2.05) is 35.2 Å². The van der Waals surface area contributed by atoms with Crippen molar-refractivity contribution in [2.24, 2.45) is 0 Å². The van der Waals surface area contributed by atoms with Gasteiger partial charge in [0.05, 0.1) is 4.90 Å². The number of carboxylic acids is 1. The zero-order chi connectivity index (χ0) is 20.2. The molecule has 0 atom stereocenters. The van der Waals surface area contributed by atoms with Crippen LogP contribution in [-0.2, 0) is 14.8 Å². The van der Waals surface area contributed by atoms with Crippen LogP contribution in [-0.4, -0.2) is 44.5 Å². The summed E-state index contributed by atoms with van der Waals surface area (Å²) in [6, 6.07) is 14.3. The van der Waals surface area contributed by atoms with E-state index in [0.717, 1.165) is 23.1 Å². The van der Waals surface area contributed by atoms with Gasteiger partial charge in [0.2, 0.25) is 10.0 Å². The minimum atomic E-state index is -3.80. The lowest BCUT2D eigenvalue weighted by Crippen LogP contribution is -2.29. The lowest BCUT2D eigenvalue weighted by Gasteiger charge is -2.07. The van der Waals surface area contributed by atoms with E-state index in [-0.39, 0.29) is 4.90 Å². The molecule has 0 spiro atoms. The van der Waals surface area contributed by atoms with Gasteiger partial charge in [-0.25, -0.2) is 8.42 Å². The van der Waals surface area contributed by atoms with Crippen LogP contribution in [0.15, 0.2) is 58.3 Å². The second-order valence-corrected chi connectivity index (χ2v) is 7.12. The maximum absolute atomic E-state index is 11.9. The molecule has 2 aromatic carbocycles. The molecule has 0 aliphatic carbocycles. The summed E-state index contributed by atoms with van der Waals surface area (Å²) in [4.78, 5) is 11.6. The second-order valence-electron chi connectivity index (χ2n) is 4.47. The Bertz CT molecular complexity index is 798. The molecule has 6 nitrogen and oxygen atoms in total. The lowest BCUT2D eigenvalue weighted by atomic mass is 10.1. The van der Waals surface area contributed by atoms with Gasteiger partial charge in [-0.1, -0.05) is 24.3 Å². The maximum atomic E-state index is 11.9. The molecule has 0 fully saturated rings. The van der Waals surface area contributed by atoms with Crippen molar-refractivity contribution in [3.63, 3.8) is 0 Å². The zero-order valence-electron chi connectivity index (χ0n) is 14.4. The molecular formula is C18H21NO5S2. The number of aliphatic hydroxyl groups excluding tert-OH is 1. The third-order valence-corrected chi connectivity index (χ3v) is 5.16. The van der Waals surface area contributed by atoms with Crippen molar-refractivity contribution >= 4 is 27.8 Å². The van der Waals surface area contributed by atoms with Gasteiger partial charge in [0, 0.05) is 12.0 Å². The van der Waals surface area contributed by atoms with E-state index < -0.39 is 22.5 Å². The Kier molecular flexibility index (Phi) is 11.0. The van der Waals surface area contributed by atoms with Crippen molar-refractivity contribution in [3.05, 3.63) is 48.5 Å². The Labute approximate surface area is 158 Å². The van der Waals surface area contributed by atoms with Crippen LogP contribution < -0.4 is 4.72 Å². The summed E-state index contributed by atoms with van der Waals surface area (Å²) < 4.78 is 25.8. The molecule has 8 heteroatoms. The Morgan fingerprint density at radius 1 is 1.00 bits per heavy atom. The van der Waals surface area contributed by atoms with Gasteiger partial charge in [0.15, 0.2) is 0 Å². The Morgan fingerprint density at radius 2 is 1.42 bits per heavy atom. The van der Waals surface area contributed by atoms with Gasteiger partial charge >= 0.3 is 5.97 Å². The quantitative estimate of drug-likeness (QED) is 0.512. The molecule has 0 bridgehead atoms. The van der Waals surface area contributed by atoms with Crippen LogP contribution in [0.4, 0.5) is 0 Å². The average molecular weight is 396 g/mol. The van der Waals surface area contributed by atoms with Crippen LogP contribution in [0.1, 0.15) is 0 Å². The number of thioether (sulfide) groups is 1. The molecule has 140 valence electrons. The Morgan fingerprint density at radius 3 is 1.81 bits per heavy atom. The molecule has 0 aliphatic rings. The molecule has 0 saturated heterocycles. The largest absolute Gasteiger partial charge is 0.480 e. The van der Waals surface area contributed by atoms with E-state index in [1.165, 1.54) is 12.1 Å². The fraction of sp³-hybridized carbons (Fsp3) is 0.167. The SMILES string of the molecule is C#C.CO.CSc1ccc(-c2ccc(S(=O)(=O)NCC(=O)O)cc2)cc1. The predicted molar refractivity (Wildman–Crippen MR) is 105 cm³/mol. The zero-order valence-corrected chi connectivity index (χ0v) is 16.0. The maximum Gasteiger partial charge on any atom is 0.318 e. The molecule has 26 heavy (non-hydrogen) atoms. The molecule has 0 amide bonds. The van der Waals surface area contributed by atoms with Crippen molar-refractivity contribution in [3.8, 4) is 24.0 Å². The molecule has 0 aromatic heterocycles. The summed E-state index contributed by atoms with van der Waals surface area (Å²) in [6.07, 6.45) is 10.00. The normalized spacial score (nSPS) is 9.88. The number of sulfonamides is 1. The first-order valence-electron chi connectivity index (χ1n) is 7.16. The van der Waals surface area contributed by atoms with Gasteiger partial charge in [-0.3, -0.25) is 4.79 Å². The molecule has 3 N–H and O–H groups in total. The van der Waals surface area contributed by atoms with E-state index in [4.69, 9.17) is 10.2 Å². The number of aliphatic hydroxyl groups is 1. The third-order valence-electron chi connectivity index (χ3n) is 3.00. The monoisotopic (exact) mass is 395 g/mol. The van der Waals surface area contributed by atoms with Crippen LogP contribution in [0.2, 0.25) is 0 Å². The van der Waals surface area contributed by atoms with E-state index in [0.29, 0.717) is 0 Å².